The first-order valence-electron chi connectivity index (χ1n) is 16.4. The van der Waals surface area contributed by atoms with Gasteiger partial charge in [-0.05, 0) is 40.5 Å². The third-order valence-electron chi connectivity index (χ3n) is 8.94. The molecule has 4 heterocycles. The average Bonchev–Trinajstić information content (AvgIpc) is 3.21. The molecule has 9 rings (SSSR count). The van der Waals surface area contributed by atoms with Crippen LogP contribution < -0.4 is 0 Å². The fourth-order valence-electron chi connectivity index (χ4n) is 6.35. The van der Waals surface area contributed by atoms with E-state index in [1.54, 1.807) is 0 Å². The summed E-state index contributed by atoms with van der Waals surface area (Å²) in [5.41, 5.74) is 11.1. The van der Waals surface area contributed by atoms with Crippen molar-refractivity contribution in [3.8, 4) is 67.5 Å². The van der Waals surface area contributed by atoms with Gasteiger partial charge in [0.25, 0.3) is 0 Å². The summed E-state index contributed by atoms with van der Waals surface area (Å²) < 4.78 is 0. The van der Waals surface area contributed by atoms with Crippen molar-refractivity contribution in [3.63, 3.8) is 0 Å². The van der Waals surface area contributed by atoms with Crippen LogP contribution in [-0.4, -0.2) is 29.9 Å². The maximum atomic E-state index is 5.01. The molecule has 0 amide bonds. The van der Waals surface area contributed by atoms with Crippen molar-refractivity contribution in [1.29, 1.82) is 0 Å². The molecule has 4 aromatic heterocycles. The van der Waals surface area contributed by atoms with Gasteiger partial charge in [-0.1, -0.05) is 127 Å². The van der Waals surface area contributed by atoms with Gasteiger partial charge in [-0.3, -0.25) is 15.0 Å². The zero-order valence-electron chi connectivity index (χ0n) is 26.8. The number of aromatic nitrogens is 6. The molecule has 0 atom stereocenters. The molecule has 50 heavy (non-hydrogen) atoms. The lowest BCUT2D eigenvalue weighted by Crippen LogP contribution is -2.00. The Labute approximate surface area is 288 Å². The first kappa shape index (κ1) is 29.2. The van der Waals surface area contributed by atoms with Crippen molar-refractivity contribution in [2.75, 3.05) is 0 Å². The van der Waals surface area contributed by atoms with E-state index in [-0.39, 0.29) is 0 Å². The Morgan fingerprint density at radius 3 is 1.36 bits per heavy atom. The zero-order chi connectivity index (χ0) is 33.3. The van der Waals surface area contributed by atoms with E-state index in [0.717, 1.165) is 71.9 Å². The van der Waals surface area contributed by atoms with Crippen molar-refractivity contribution < 1.29 is 0 Å². The summed E-state index contributed by atoms with van der Waals surface area (Å²) >= 11 is 0. The number of para-hydroxylation sites is 1. The van der Waals surface area contributed by atoms with Crippen LogP contribution in [0.15, 0.2) is 170 Å². The van der Waals surface area contributed by atoms with Gasteiger partial charge >= 0.3 is 0 Å². The first-order chi connectivity index (χ1) is 24.8. The Kier molecular flexibility index (Phi) is 7.37. The molecule has 6 heteroatoms. The third-order valence-corrected chi connectivity index (χ3v) is 8.94. The van der Waals surface area contributed by atoms with E-state index in [2.05, 4.69) is 124 Å². The van der Waals surface area contributed by atoms with E-state index in [1.165, 1.54) is 0 Å². The summed E-state index contributed by atoms with van der Waals surface area (Å²) in [7, 11) is 0. The highest BCUT2D eigenvalue weighted by Crippen LogP contribution is 2.32. The van der Waals surface area contributed by atoms with Crippen LogP contribution in [0.2, 0.25) is 0 Å². The van der Waals surface area contributed by atoms with Gasteiger partial charge in [0.2, 0.25) is 0 Å². The van der Waals surface area contributed by atoms with E-state index >= 15 is 0 Å². The number of hydrogen-bond donors (Lipinski definition) is 0. The highest BCUT2D eigenvalue weighted by atomic mass is 15.0. The molecular formula is C44H28N6. The fraction of sp³-hybridized carbons (Fsp3) is 0. The number of rotatable bonds is 6. The Bertz CT molecular complexity index is 2470. The molecule has 0 bridgehead atoms. The number of nitrogens with zero attached hydrogens (tertiary/aromatic N) is 6. The lowest BCUT2D eigenvalue weighted by molar-refractivity contribution is 1.07. The molecule has 0 aliphatic heterocycles. The van der Waals surface area contributed by atoms with Gasteiger partial charge in [-0.2, -0.15) is 0 Å². The summed E-state index contributed by atoms with van der Waals surface area (Å²) in [6.45, 7) is 0. The highest BCUT2D eigenvalue weighted by molar-refractivity contribution is 5.94. The molecule has 0 spiro atoms. The normalized spacial score (nSPS) is 11.2. The third kappa shape index (κ3) is 5.55. The van der Waals surface area contributed by atoms with Crippen molar-refractivity contribution in [1.82, 2.24) is 29.9 Å². The van der Waals surface area contributed by atoms with Crippen LogP contribution in [0.25, 0.3) is 89.4 Å². The second-order valence-corrected chi connectivity index (χ2v) is 12.0. The molecule has 0 saturated heterocycles. The van der Waals surface area contributed by atoms with Gasteiger partial charge in [0.05, 0.1) is 11.0 Å². The molecule has 5 aromatic carbocycles. The van der Waals surface area contributed by atoms with Crippen molar-refractivity contribution in [3.05, 3.63) is 170 Å². The SMILES string of the molecule is c1ccc(-c2ccc(-c3nc(-c4ccc(-c5cccc6cccnc56)cc4)nc(-c4ccc(-c5cncc6cccnc56)cc4)n3)cc2)cc1. The topological polar surface area (TPSA) is 77.3 Å². The van der Waals surface area contributed by atoms with Crippen molar-refractivity contribution >= 4 is 21.8 Å². The summed E-state index contributed by atoms with van der Waals surface area (Å²) in [6.07, 6.45) is 7.35. The molecule has 0 unspecified atom stereocenters. The van der Waals surface area contributed by atoms with Gasteiger partial charge < -0.3 is 0 Å². The molecule has 6 nitrogen and oxygen atoms in total. The van der Waals surface area contributed by atoms with Crippen LogP contribution >= 0.6 is 0 Å². The molecule has 234 valence electrons. The van der Waals surface area contributed by atoms with Gasteiger partial charge in [0.1, 0.15) is 0 Å². The van der Waals surface area contributed by atoms with E-state index < -0.39 is 0 Å². The molecule has 9 aromatic rings. The molecule has 0 N–H and O–H groups in total. The summed E-state index contributed by atoms with van der Waals surface area (Å²) in [4.78, 5) is 28.7. The quantitative estimate of drug-likeness (QED) is 0.180. The van der Waals surface area contributed by atoms with E-state index in [4.69, 9.17) is 15.0 Å². The predicted octanol–water partition coefficient (Wildman–Crippen LogP) is 10.4. The maximum Gasteiger partial charge on any atom is 0.164 e. The average molecular weight is 641 g/mol. The summed E-state index contributed by atoms with van der Waals surface area (Å²) in [6, 6.07) is 49.6. The Hall–Kier alpha value is -6.92. The Morgan fingerprint density at radius 2 is 0.760 bits per heavy atom. The fourth-order valence-corrected chi connectivity index (χ4v) is 6.35. The van der Waals surface area contributed by atoms with Crippen LogP contribution in [-0.2, 0) is 0 Å². The number of benzene rings is 5. The van der Waals surface area contributed by atoms with Gasteiger partial charge in [-0.15, -0.1) is 0 Å². The van der Waals surface area contributed by atoms with Gasteiger partial charge in [0.15, 0.2) is 17.5 Å². The predicted molar refractivity (Wildman–Crippen MR) is 201 cm³/mol. The van der Waals surface area contributed by atoms with Crippen LogP contribution in [0.4, 0.5) is 0 Å². The smallest absolute Gasteiger partial charge is 0.164 e. The zero-order valence-corrected chi connectivity index (χ0v) is 26.8. The minimum absolute atomic E-state index is 0.597. The number of hydrogen-bond acceptors (Lipinski definition) is 6. The Balaban J connectivity index is 1.12. The van der Waals surface area contributed by atoms with Crippen molar-refractivity contribution in [2.24, 2.45) is 0 Å². The lowest BCUT2D eigenvalue weighted by atomic mass is 10.0. The maximum absolute atomic E-state index is 5.01. The standard InChI is InChI=1S/C44H28N6/c1-2-7-29(8-3-1)30-13-19-34(20-14-30)42-48-43(35-21-15-31(16-22-35)38-12-4-9-33-10-5-25-46-40(33)38)50-44(49-42)36-23-17-32(18-24-36)39-28-45-27-37-11-6-26-47-41(37)39/h1-28H. The minimum atomic E-state index is 0.597. The molecule has 0 aliphatic carbocycles. The van der Waals surface area contributed by atoms with E-state index in [1.807, 2.05) is 61.2 Å². The van der Waals surface area contributed by atoms with Gasteiger partial charge in [0, 0.05) is 63.4 Å². The van der Waals surface area contributed by atoms with E-state index in [9.17, 15) is 0 Å². The number of fused-ring (bicyclic) bond motifs is 2. The monoisotopic (exact) mass is 640 g/mol. The second kappa shape index (κ2) is 12.6. The van der Waals surface area contributed by atoms with Crippen molar-refractivity contribution in [2.45, 2.75) is 0 Å². The summed E-state index contributed by atoms with van der Waals surface area (Å²) in [5, 5.41) is 2.11. The second-order valence-electron chi connectivity index (χ2n) is 12.0. The van der Waals surface area contributed by atoms with Gasteiger partial charge in [-0.25, -0.2) is 15.0 Å². The number of pyridine rings is 3. The molecule has 0 aliphatic rings. The first-order valence-corrected chi connectivity index (χ1v) is 16.4. The van der Waals surface area contributed by atoms with Crippen LogP contribution in [0.1, 0.15) is 0 Å². The van der Waals surface area contributed by atoms with Crippen LogP contribution in [0, 0.1) is 0 Å². The van der Waals surface area contributed by atoms with E-state index in [0.29, 0.717) is 17.5 Å². The lowest BCUT2D eigenvalue weighted by Gasteiger charge is -2.11. The largest absolute Gasteiger partial charge is 0.263 e. The molecule has 0 saturated carbocycles. The highest BCUT2D eigenvalue weighted by Gasteiger charge is 2.14. The molecular weight excluding hydrogens is 613 g/mol. The van der Waals surface area contributed by atoms with Crippen LogP contribution in [0.5, 0.6) is 0 Å². The van der Waals surface area contributed by atoms with Crippen LogP contribution in [0.3, 0.4) is 0 Å². The molecule has 0 fully saturated rings. The summed E-state index contributed by atoms with van der Waals surface area (Å²) in [5.74, 6) is 1.81. The Morgan fingerprint density at radius 1 is 0.300 bits per heavy atom. The minimum Gasteiger partial charge on any atom is -0.263 e. The molecule has 0 radical (unpaired) electrons.